The molecule has 0 unspecified atom stereocenters. The third-order valence-electron chi connectivity index (χ3n) is 4.11. The zero-order valence-corrected chi connectivity index (χ0v) is 16.6. The van der Waals surface area contributed by atoms with E-state index in [1.165, 1.54) is 6.20 Å². The summed E-state index contributed by atoms with van der Waals surface area (Å²) in [6.07, 6.45) is 3.05. The minimum absolute atomic E-state index is 0.249. The molecule has 2 aromatic carbocycles. The van der Waals surface area contributed by atoms with Crippen LogP contribution in [-0.2, 0) is 0 Å². The molecule has 0 saturated heterocycles. The van der Waals surface area contributed by atoms with Gasteiger partial charge in [0.1, 0.15) is 0 Å². The third-order valence-corrected chi connectivity index (χ3v) is 4.36. The molecule has 1 heterocycles. The highest BCUT2D eigenvalue weighted by atomic mass is 35.5. The Balaban J connectivity index is 1.48. The zero-order valence-electron chi connectivity index (χ0n) is 15.9. The van der Waals surface area contributed by atoms with Crippen LogP contribution in [0.15, 0.2) is 73.1 Å². The Bertz CT molecular complexity index is 1040. The lowest BCUT2D eigenvalue weighted by molar-refractivity contribution is 0.0927. The second-order valence-corrected chi connectivity index (χ2v) is 6.73. The van der Waals surface area contributed by atoms with Crippen molar-refractivity contribution in [1.29, 1.82) is 0 Å². The first-order chi connectivity index (χ1) is 14.5. The summed E-state index contributed by atoms with van der Waals surface area (Å²) in [6, 6.07) is 16.4. The van der Waals surface area contributed by atoms with E-state index in [0.717, 1.165) is 0 Å². The maximum Gasteiger partial charge on any atom is 0.257 e. The highest BCUT2D eigenvalue weighted by molar-refractivity contribution is 6.30. The fraction of sp³-hybridized carbons (Fsp3) is 0.0909. The molecule has 0 bridgehead atoms. The Morgan fingerprint density at radius 2 is 1.43 bits per heavy atom. The van der Waals surface area contributed by atoms with E-state index in [9.17, 15) is 14.4 Å². The van der Waals surface area contributed by atoms with Crippen molar-refractivity contribution in [2.24, 2.45) is 0 Å². The molecule has 0 atom stereocenters. The van der Waals surface area contributed by atoms with Crippen molar-refractivity contribution in [3.8, 4) is 0 Å². The first kappa shape index (κ1) is 21.0. The number of halogens is 1. The van der Waals surface area contributed by atoms with Gasteiger partial charge in [0, 0.05) is 47.3 Å². The van der Waals surface area contributed by atoms with Crippen LogP contribution in [0.4, 0.5) is 5.69 Å². The number of rotatable bonds is 7. The molecule has 7 nitrogen and oxygen atoms in total. The molecule has 30 heavy (non-hydrogen) atoms. The van der Waals surface area contributed by atoms with Gasteiger partial charge in [0.15, 0.2) is 0 Å². The van der Waals surface area contributed by atoms with E-state index >= 15 is 0 Å². The van der Waals surface area contributed by atoms with E-state index in [0.29, 0.717) is 27.4 Å². The van der Waals surface area contributed by atoms with Crippen LogP contribution in [0.3, 0.4) is 0 Å². The second-order valence-electron chi connectivity index (χ2n) is 6.30. The van der Waals surface area contributed by atoms with Gasteiger partial charge in [-0.25, -0.2) is 0 Å². The van der Waals surface area contributed by atoms with Gasteiger partial charge >= 0.3 is 0 Å². The predicted octanol–water partition coefficient (Wildman–Crippen LogP) is 3.15. The molecule has 3 amide bonds. The van der Waals surface area contributed by atoms with E-state index < -0.39 is 0 Å². The monoisotopic (exact) mass is 422 g/mol. The van der Waals surface area contributed by atoms with E-state index in [-0.39, 0.29) is 30.8 Å². The molecule has 0 fully saturated rings. The number of nitrogens with zero attached hydrogens (tertiary/aromatic N) is 1. The van der Waals surface area contributed by atoms with Crippen molar-refractivity contribution in [2.45, 2.75) is 0 Å². The molecule has 3 aromatic rings. The molecule has 8 heteroatoms. The van der Waals surface area contributed by atoms with Crippen molar-refractivity contribution >= 4 is 35.0 Å². The van der Waals surface area contributed by atoms with Gasteiger partial charge in [-0.1, -0.05) is 17.7 Å². The highest BCUT2D eigenvalue weighted by Gasteiger charge is 2.10. The minimum atomic E-state index is -0.314. The summed E-state index contributed by atoms with van der Waals surface area (Å²) in [6.45, 7) is 0.523. The fourth-order valence-corrected chi connectivity index (χ4v) is 2.72. The number of hydrogen-bond donors (Lipinski definition) is 3. The van der Waals surface area contributed by atoms with Gasteiger partial charge in [0.25, 0.3) is 17.7 Å². The number of pyridine rings is 1. The minimum Gasteiger partial charge on any atom is -0.350 e. The molecule has 0 aliphatic heterocycles. The van der Waals surface area contributed by atoms with Crippen LogP contribution in [0.5, 0.6) is 0 Å². The molecule has 3 N–H and O–H groups in total. The first-order valence-electron chi connectivity index (χ1n) is 9.16. The lowest BCUT2D eigenvalue weighted by Gasteiger charge is -2.09. The average Bonchev–Trinajstić information content (AvgIpc) is 2.77. The number of aromatic nitrogens is 1. The van der Waals surface area contributed by atoms with Gasteiger partial charge in [-0.3, -0.25) is 19.4 Å². The van der Waals surface area contributed by atoms with Crippen LogP contribution in [0, 0.1) is 0 Å². The molecule has 1 aromatic heterocycles. The van der Waals surface area contributed by atoms with Crippen LogP contribution in [0.1, 0.15) is 31.1 Å². The number of carbonyl (C=O) groups is 3. The van der Waals surface area contributed by atoms with E-state index in [2.05, 4.69) is 20.9 Å². The van der Waals surface area contributed by atoms with Crippen molar-refractivity contribution in [3.63, 3.8) is 0 Å². The predicted molar refractivity (Wildman–Crippen MR) is 115 cm³/mol. The van der Waals surface area contributed by atoms with Crippen LogP contribution in [0.2, 0.25) is 5.02 Å². The Labute approximate surface area is 178 Å². The normalized spacial score (nSPS) is 10.2. The van der Waals surface area contributed by atoms with Crippen molar-refractivity contribution < 1.29 is 14.4 Å². The Morgan fingerprint density at radius 1 is 0.767 bits per heavy atom. The standard InChI is InChI=1S/C22H19ClN4O3/c23-18-8-6-15(7-9-18)20(28)25-11-12-26-21(29)16-3-1-5-19(13-16)27-22(30)17-4-2-10-24-14-17/h1-10,13-14H,11-12H2,(H,25,28)(H,26,29)(H,27,30). The highest BCUT2D eigenvalue weighted by Crippen LogP contribution is 2.12. The molecule has 0 aliphatic rings. The van der Waals surface area contributed by atoms with Crippen LogP contribution in [-0.4, -0.2) is 35.8 Å². The van der Waals surface area contributed by atoms with Gasteiger partial charge in [-0.05, 0) is 54.6 Å². The smallest absolute Gasteiger partial charge is 0.257 e. The number of benzene rings is 2. The van der Waals surface area contributed by atoms with E-state index in [1.807, 2.05) is 0 Å². The number of amides is 3. The summed E-state index contributed by atoms with van der Waals surface area (Å²) in [5.41, 5.74) is 1.79. The number of anilines is 1. The molecule has 0 radical (unpaired) electrons. The lowest BCUT2D eigenvalue weighted by atomic mass is 10.1. The fourth-order valence-electron chi connectivity index (χ4n) is 2.60. The van der Waals surface area contributed by atoms with Crippen molar-refractivity contribution in [2.75, 3.05) is 18.4 Å². The average molecular weight is 423 g/mol. The van der Waals surface area contributed by atoms with Gasteiger partial charge in [-0.2, -0.15) is 0 Å². The quantitative estimate of drug-likeness (QED) is 0.509. The number of nitrogens with one attached hydrogen (secondary N) is 3. The number of hydrogen-bond acceptors (Lipinski definition) is 4. The summed E-state index contributed by atoms with van der Waals surface area (Å²) in [4.78, 5) is 40.5. The first-order valence-corrected chi connectivity index (χ1v) is 9.54. The Morgan fingerprint density at radius 3 is 2.10 bits per heavy atom. The second kappa shape index (κ2) is 10.2. The maximum atomic E-state index is 12.3. The summed E-state index contributed by atoms with van der Waals surface area (Å²) >= 11 is 5.80. The lowest BCUT2D eigenvalue weighted by Crippen LogP contribution is -2.34. The van der Waals surface area contributed by atoms with Gasteiger partial charge < -0.3 is 16.0 Å². The molecule has 0 saturated carbocycles. The molecule has 0 aliphatic carbocycles. The molecule has 152 valence electrons. The largest absolute Gasteiger partial charge is 0.350 e. The van der Waals surface area contributed by atoms with Crippen molar-refractivity contribution in [1.82, 2.24) is 15.6 Å². The van der Waals surface area contributed by atoms with E-state index in [4.69, 9.17) is 11.6 Å². The molecular formula is C22H19ClN4O3. The summed E-state index contributed by atoms with van der Waals surface area (Å²) in [7, 11) is 0. The van der Waals surface area contributed by atoms with E-state index in [1.54, 1.807) is 66.9 Å². The van der Waals surface area contributed by atoms with Gasteiger partial charge in [0.05, 0.1) is 5.56 Å². The SMILES string of the molecule is O=C(NCCNC(=O)c1cccc(NC(=O)c2cccnc2)c1)c1ccc(Cl)cc1. The third kappa shape index (κ3) is 5.89. The summed E-state index contributed by atoms with van der Waals surface area (Å²) < 4.78 is 0. The maximum absolute atomic E-state index is 12.3. The zero-order chi connectivity index (χ0) is 21.3. The topological polar surface area (TPSA) is 100 Å². The van der Waals surface area contributed by atoms with Crippen LogP contribution in [0.25, 0.3) is 0 Å². The summed E-state index contributed by atoms with van der Waals surface area (Å²) in [5, 5.41) is 8.74. The Kier molecular flexibility index (Phi) is 7.13. The molecule has 0 spiro atoms. The van der Waals surface area contributed by atoms with Gasteiger partial charge in [-0.15, -0.1) is 0 Å². The van der Waals surface area contributed by atoms with Crippen molar-refractivity contribution in [3.05, 3.63) is 94.8 Å². The molecular weight excluding hydrogens is 404 g/mol. The number of carbonyl (C=O) groups excluding carboxylic acids is 3. The van der Waals surface area contributed by atoms with Gasteiger partial charge in [0.2, 0.25) is 0 Å². The summed E-state index contributed by atoms with van der Waals surface area (Å²) in [5.74, 6) is -0.875. The molecule has 3 rings (SSSR count). The van der Waals surface area contributed by atoms with Crippen LogP contribution < -0.4 is 16.0 Å². The Hall–Kier alpha value is -3.71. The van der Waals surface area contributed by atoms with Crippen LogP contribution >= 0.6 is 11.6 Å².